The minimum absolute atomic E-state index is 0.0128. The number of benzene rings is 2. The second kappa shape index (κ2) is 6.67. The van der Waals surface area contributed by atoms with Crippen molar-refractivity contribution in [2.24, 2.45) is 0 Å². The lowest BCUT2D eigenvalue weighted by Gasteiger charge is -2.26. The average Bonchev–Trinajstić information content (AvgIpc) is 3.21. The zero-order valence-corrected chi connectivity index (χ0v) is 14.6. The van der Waals surface area contributed by atoms with Gasteiger partial charge in [-0.3, -0.25) is 9.89 Å². The summed E-state index contributed by atoms with van der Waals surface area (Å²) in [4.78, 5) is 14.9. The van der Waals surface area contributed by atoms with Crippen LogP contribution < -0.4 is 0 Å². The first kappa shape index (κ1) is 16.4. The molecule has 1 aliphatic heterocycles. The molecule has 1 aliphatic rings. The summed E-state index contributed by atoms with van der Waals surface area (Å²) in [5.41, 5.74) is 4.26. The van der Waals surface area contributed by atoms with Gasteiger partial charge >= 0.3 is 0 Å². The van der Waals surface area contributed by atoms with E-state index in [1.165, 1.54) is 0 Å². The molecule has 3 aromatic rings. The highest BCUT2D eigenvalue weighted by atomic mass is 16.3. The zero-order chi connectivity index (χ0) is 18.1. The SMILES string of the molecule is CCCCN1C(=O)c2[nH]nc(-c3ccccc3)c2C1c1ccc(O)cc1. The summed E-state index contributed by atoms with van der Waals surface area (Å²) in [5, 5.41) is 17.1. The number of carbonyl (C=O) groups is 1. The van der Waals surface area contributed by atoms with Gasteiger partial charge < -0.3 is 10.0 Å². The molecule has 0 bridgehead atoms. The van der Waals surface area contributed by atoms with E-state index < -0.39 is 0 Å². The third kappa shape index (κ3) is 2.65. The molecular formula is C21H21N3O2. The number of nitrogens with zero attached hydrogens (tertiary/aromatic N) is 2. The molecule has 2 N–H and O–H groups in total. The minimum atomic E-state index is -0.196. The molecule has 1 aromatic heterocycles. The van der Waals surface area contributed by atoms with Gasteiger partial charge in [0.25, 0.3) is 5.91 Å². The lowest BCUT2D eigenvalue weighted by Crippen LogP contribution is -2.30. The van der Waals surface area contributed by atoms with Crippen molar-refractivity contribution in [1.29, 1.82) is 0 Å². The summed E-state index contributed by atoms with van der Waals surface area (Å²) >= 11 is 0. The fourth-order valence-electron chi connectivity index (χ4n) is 3.58. The van der Waals surface area contributed by atoms with Crippen molar-refractivity contribution in [3.63, 3.8) is 0 Å². The summed E-state index contributed by atoms with van der Waals surface area (Å²) in [6, 6.07) is 16.8. The summed E-state index contributed by atoms with van der Waals surface area (Å²) in [6.07, 6.45) is 1.96. The molecule has 0 saturated carbocycles. The van der Waals surface area contributed by atoms with Crippen LogP contribution in [-0.4, -0.2) is 32.7 Å². The number of phenolic OH excluding ortho intramolecular Hbond substituents is 1. The number of rotatable bonds is 5. The molecule has 0 radical (unpaired) electrons. The highest BCUT2D eigenvalue weighted by Crippen LogP contribution is 2.43. The first-order valence-electron chi connectivity index (χ1n) is 8.94. The average molecular weight is 347 g/mol. The van der Waals surface area contributed by atoms with Gasteiger partial charge in [-0.05, 0) is 24.1 Å². The number of H-pyrrole nitrogens is 1. The third-order valence-electron chi connectivity index (χ3n) is 4.87. The Kier molecular flexibility index (Phi) is 4.21. The fraction of sp³-hybridized carbons (Fsp3) is 0.238. The van der Waals surface area contributed by atoms with Crippen molar-refractivity contribution in [2.75, 3.05) is 6.54 Å². The zero-order valence-electron chi connectivity index (χ0n) is 14.6. The summed E-state index contributed by atoms with van der Waals surface area (Å²) in [5.74, 6) is 0.204. The Morgan fingerprint density at radius 2 is 1.85 bits per heavy atom. The smallest absolute Gasteiger partial charge is 0.273 e. The first-order chi connectivity index (χ1) is 12.7. The number of phenols is 1. The summed E-state index contributed by atoms with van der Waals surface area (Å²) in [6.45, 7) is 2.81. The van der Waals surface area contributed by atoms with Crippen LogP contribution in [0.3, 0.4) is 0 Å². The molecule has 1 unspecified atom stereocenters. The van der Waals surface area contributed by atoms with Crippen LogP contribution >= 0.6 is 0 Å². The Balaban J connectivity index is 1.85. The van der Waals surface area contributed by atoms with Crippen LogP contribution in [0.5, 0.6) is 5.75 Å². The van der Waals surface area contributed by atoms with Crippen molar-refractivity contribution >= 4 is 5.91 Å². The second-order valence-electron chi connectivity index (χ2n) is 6.57. The molecular weight excluding hydrogens is 326 g/mol. The molecule has 132 valence electrons. The molecule has 0 aliphatic carbocycles. The van der Waals surface area contributed by atoms with Crippen molar-refractivity contribution in [1.82, 2.24) is 15.1 Å². The number of hydrogen-bond donors (Lipinski definition) is 2. The number of aromatic amines is 1. The monoisotopic (exact) mass is 347 g/mol. The van der Waals surface area contributed by atoms with Gasteiger partial charge in [-0.1, -0.05) is 55.8 Å². The maximum Gasteiger partial charge on any atom is 0.273 e. The lowest BCUT2D eigenvalue weighted by molar-refractivity contribution is 0.0741. The molecule has 5 heteroatoms. The molecule has 2 aromatic carbocycles. The molecule has 5 nitrogen and oxygen atoms in total. The molecule has 4 rings (SSSR count). The number of hydrogen-bond acceptors (Lipinski definition) is 3. The van der Waals surface area contributed by atoms with E-state index in [0.717, 1.165) is 35.2 Å². The summed E-state index contributed by atoms with van der Waals surface area (Å²) in [7, 11) is 0. The standard InChI is InChI=1S/C21H21N3O2/c1-2-3-13-24-20(15-9-11-16(25)12-10-15)17-18(14-7-5-4-6-8-14)22-23-19(17)21(24)26/h4-12,20,25H,2-3,13H2,1H3,(H,22,23). The number of fused-ring (bicyclic) bond motifs is 1. The van der Waals surface area contributed by atoms with Gasteiger partial charge in [0.2, 0.25) is 0 Å². The number of aromatic nitrogens is 2. The predicted molar refractivity (Wildman–Crippen MR) is 99.9 cm³/mol. The van der Waals surface area contributed by atoms with Crippen molar-refractivity contribution in [3.05, 3.63) is 71.4 Å². The number of carbonyl (C=O) groups excluding carboxylic acids is 1. The Morgan fingerprint density at radius 1 is 1.12 bits per heavy atom. The topological polar surface area (TPSA) is 69.2 Å². The van der Waals surface area contributed by atoms with Gasteiger partial charge in [0.1, 0.15) is 11.4 Å². The van der Waals surface area contributed by atoms with E-state index in [0.29, 0.717) is 12.2 Å². The van der Waals surface area contributed by atoms with Crippen LogP contribution in [0, 0.1) is 0 Å². The number of amides is 1. The van der Waals surface area contributed by atoms with E-state index in [-0.39, 0.29) is 17.7 Å². The van der Waals surface area contributed by atoms with E-state index in [1.807, 2.05) is 47.4 Å². The van der Waals surface area contributed by atoms with E-state index in [4.69, 9.17) is 0 Å². The van der Waals surface area contributed by atoms with E-state index >= 15 is 0 Å². The molecule has 2 heterocycles. The predicted octanol–water partition coefficient (Wildman–Crippen LogP) is 4.13. The van der Waals surface area contributed by atoms with E-state index in [2.05, 4.69) is 17.1 Å². The maximum absolute atomic E-state index is 13.0. The van der Waals surface area contributed by atoms with Gasteiger partial charge in [0.15, 0.2) is 0 Å². The molecule has 1 atom stereocenters. The van der Waals surface area contributed by atoms with Crippen molar-refractivity contribution < 1.29 is 9.90 Å². The normalized spacial score (nSPS) is 16.1. The Hall–Kier alpha value is -3.08. The van der Waals surface area contributed by atoms with Gasteiger partial charge in [-0.15, -0.1) is 0 Å². The van der Waals surface area contributed by atoms with Crippen molar-refractivity contribution in [2.45, 2.75) is 25.8 Å². The van der Waals surface area contributed by atoms with Gasteiger partial charge in [-0.25, -0.2) is 0 Å². The van der Waals surface area contributed by atoms with Crippen LogP contribution in [0.15, 0.2) is 54.6 Å². The molecule has 1 amide bonds. The second-order valence-corrected chi connectivity index (χ2v) is 6.57. The van der Waals surface area contributed by atoms with Crippen LogP contribution in [0.25, 0.3) is 11.3 Å². The molecule has 0 fully saturated rings. The maximum atomic E-state index is 13.0. The molecule has 0 saturated heterocycles. The minimum Gasteiger partial charge on any atom is -0.508 e. The quantitative estimate of drug-likeness (QED) is 0.729. The highest BCUT2D eigenvalue weighted by molar-refractivity contribution is 6.00. The highest BCUT2D eigenvalue weighted by Gasteiger charge is 2.41. The third-order valence-corrected chi connectivity index (χ3v) is 4.87. The van der Waals surface area contributed by atoms with Crippen LogP contribution in [-0.2, 0) is 0 Å². The molecule has 26 heavy (non-hydrogen) atoms. The fourth-order valence-corrected chi connectivity index (χ4v) is 3.58. The van der Waals surface area contributed by atoms with Crippen LogP contribution in [0.2, 0.25) is 0 Å². The Morgan fingerprint density at radius 3 is 2.54 bits per heavy atom. The van der Waals surface area contributed by atoms with Crippen LogP contribution in [0.4, 0.5) is 0 Å². The first-order valence-corrected chi connectivity index (χ1v) is 8.94. The number of aromatic hydroxyl groups is 1. The van der Waals surface area contributed by atoms with E-state index in [9.17, 15) is 9.90 Å². The number of nitrogens with one attached hydrogen (secondary N) is 1. The van der Waals surface area contributed by atoms with Gasteiger partial charge in [0, 0.05) is 17.7 Å². The lowest BCUT2D eigenvalue weighted by atomic mass is 9.96. The largest absolute Gasteiger partial charge is 0.508 e. The Labute approximate surface area is 152 Å². The number of unbranched alkanes of at least 4 members (excludes halogenated alkanes) is 1. The Bertz CT molecular complexity index is 916. The molecule has 0 spiro atoms. The summed E-state index contributed by atoms with van der Waals surface area (Å²) < 4.78 is 0. The van der Waals surface area contributed by atoms with Crippen molar-refractivity contribution in [3.8, 4) is 17.0 Å². The van der Waals surface area contributed by atoms with Gasteiger partial charge in [-0.2, -0.15) is 5.10 Å². The van der Waals surface area contributed by atoms with Crippen LogP contribution in [0.1, 0.15) is 47.4 Å². The van der Waals surface area contributed by atoms with Gasteiger partial charge in [0.05, 0.1) is 11.7 Å². The van der Waals surface area contributed by atoms with E-state index in [1.54, 1.807) is 12.1 Å².